The average Bonchev–Trinajstić information content (AvgIpc) is 2.99. The van der Waals surface area contributed by atoms with Gasteiger partial charge in [-0.15, -0.1) is 11.3 Å². The fourth-order valence-electron chi connectivity index (χ4n) is 1.75. The van der Waals surface area contributed by atoms with Gasteiger partial charge < -0.3 is 5.32 Å². The van der Waals surface area contributed by atoms with Crippen LogP contribution in [0.4, 0.5) is 0 Å². The second-order valence-electron chi connectivity index (χ2n) is 4.20. The van der Waals surface area contributed by atoms with Crippen molar-refractivity contribution >= 4 is 40.4 Å². The van der Waals surface area contributed by atoms with Crippen molar-refractivity contribution in [1.29, 1.82) is 5.26 Å². The van der Waals surface area contributed by atoms with Gasteiger partial charge in [-0.2, -0.15) is 5.26 Å². The Bertz CT molecular complexity index is 667. The maximum atomic E-state index is 11.9. The Balaban J connectivity index is 2.00. The van der Waals surface area contributed by atoms with Crippen molar-refractivity contribution in [2.45, 2.75) is 18.9 Å². The lowest BCUT2D eigenvalue weighted by atomic mass is 10.1. The van der Waals surface area contributed by atoms with Crippen molar-refractivity contribution in [2.75, 3.05) is 0 Å². The van der Waals surface area contributed by atoms with Gasteiger partial charge in [-0.25, -0.2) is 4.98 Å². The molecule has 7 heteroatoms. The van der Waals surface area contributed by atoms with Crippen molar-refractivity contribution in [3.63, 3.8) is 0 Å². The Kier molecular flexibility index (Phi) is 5.57. The molecular weight excluding hydrogens is 329 g/mol. The molecule has 0 radical (unpaired) electrons. The number of halogens is 2. The van der Waals surface area contributed by atoms with Gasteiger partial charge in [0.25, 0.3) is 0 Å². The van der Waals surface area contributed by atoms with Crippen molar-refractivity contribution in [2.24, 2.45) is 0 Å². The summed E-state index contributed by atoms with van der Waals surface area (Å²) >= 11 is 13.5. The first-order chi connectivity index (χ1) is 10.1. The highest BCUT2D eigenvalue weighted by molar-refractivity contribution is 7.09. The molecule has 21 heavy (non-hydrogen) atoms. The van der Waals surface area contributed by atoms with E-state index in [0.717, 1.165) is 5.01 Å². The Labute approximate surface area is 136 Å². The van der Waals surface area contributed by atoms with Gasteiger partial charge in [0, 0.05) is 30.0 Å². The van der Waals surface area contributed by atoms with E-state index in [9.17, 15) is 10.1 Å². The number of hydrogen-bond acceptors (Lipinski definition) is 4. The second-order valence-corrected chi connectivity index (χ2v) is 5.96. The van der Waals surface area contributed by atoms with Crippen LogP contribution in [0, 0.1) is 11.3 Å². The monoisotopic (exact) mass is 339 g/mol. The van der Waals surface area contributed by atoms with Crippen LogP contribution in [0.5, 0.6) is 0 Å². The van der Waals surface area contributed by atoms with Crippen LogP contribution in [0.1, 0.15) is 23.0 Å². The molecule has 0 aliphatic rings. The normalized spacial score (nSPS) is 11.7. The molecule has 1 atom stereocenters. The molecule has 0 bridgehead atoms. The summed E-state index contributed by atoms with van der Waals surface area (Å²) in [7, 11) is 0. The van der Waals surface area contributed by atoms with Gasteiger partial charge in [0.15, 0.2) is 0 Å². The lowest BCUT2D eigenvalue weighted by Crippen LogP contribution is -2.28. The number of thiazole rings is 1. The topological polar surface area (TPSA) is 65.8 Å². The first kappa shape index (κ1) is 15.8. The van der Waals surface area contributed by atoms with E-state index in [0.29, 0.717) is 17.0 Å². The Morgan fingerprint density at radius 2 is 2.29 bits per heavy atom. The second kappa shape index (κ2) is 7.41. The standard InChI is InChI=1S/C14H11Cl2N3OS/c15-10-3-1-2-9(14(10)16)11(8-17)19-12(20)4-5-13-18-6-7-21-13/h1-3,6-7,11H,4-5H2,(H,19,20). The fourth-order valence-corrected chi connectivity index (χ4v) is 2.79. The van der Waals surface area contributed by atoms with Crippen molar-refractivity contribution < 1.29 is 4.79 Å². The van der Waals surface area contributed by atoms with Crippen molar-refractivity contribution in [1.82, 2.24) is 10.3 Å². The van der Waals surface area contributed by atoms with Crippen LogP contribution in [0.2, 0.25) is 10.0 Å². The van der Waals surface area contributed by atoms with Gasteiger partial charge in [0.1, 0.15) is 6.04 Å². The van der Waals surface area contributed by atoms with E-state index in [4.69, 9.17) is 23.2 Å². The zero-order valence-electron chi connectivity index (χ0n) is 10.8. The van der Waals surface area contributed by atoms with Gasteiger partial charge in [0.2, 0.25) is 5.91 Å². The Morgan fingerprint density at radius 3 is 2.95 bits per heavy atom. The van der Waals surface area contributed by atoms with Crippen LogP contribution in [-0.4, -0.2) is 10.9 Å². The number of amides is 1. The number of aryl methyl sites for hydroxylation is 1. The van der Waals surface area contributed by atoms with E-state index in [1.54, 1.807) is 24.4 Å². The molecule has 0 saturated carbocycles. The summed E-state index contributed by atoms with van der Waals surface area (Å²) in [6.45, 7) is 0. The number of hydrogen-bond donors (Lipinski definition) is 1. The van der Waals surface area contributed by atoms with Crippen molar-refractivity contribution in [3.8, 4) is 6.07 Å². The lowest BCUT2D eigenvalue weighted by Gasteiger charge is -2.14. The number of benzene rings is 1. The number of nitriles is 1. The maximum absolute atomic E-state index is 11.9. The number of nitrogens with zero attached hydrogens (tertiary/aromatic N) is 2. The molecule has 1 heterocycles. The van der Waals surface area contributed by atoms with Gasteiger partial charge in [-0.3, -0.25) is 4.79 Å². The predicted molar refractivity (Wildman–Crippen MR) is 83.4 cm³/mol. The van der Waals surface area contributed by atoms with Crippen LogP contribution < -0.4 is 5.32 Å². The summed E-state index contributed by atoms with van der Waals surface area (Å²) < 4.78 is 0. The molecule has 108 valence electrons. The van der Waals surface area contributed by atoms with Gasteiger partial charge in [-0.05, 0) is 6.07 Å². The zero-order valence-corrected chi connectivity index (χ0v) is 13.2. The predicted octanol–water partition coefficient (Wildman–Crippen LogP) is 3.76. The molecule has 2 aromatic rings. The zero-order chi connectivity index (χ0) is 15.2. The van der Waals surface area contributed by atoms with Crippen molar-refractivity contribution in [3.05, 3.63) is 50.4 Å². The van der Waals surface area contributed by atoms with Gasteiger partial charge >= 0.3 is 0 Å². The smallest absolute Gasteiger partial charge is 0.221 e. The van der Waals surface area contributed by atoms with Crippen LogP contribution in [0.3, 0.4) is 0 Å². The third-order valence-corrected chi connectivity index (χ3v) is 4.45. The lowest BCUT2D eigenvalue weighted by molar-refractivity contribution is -0.121. The van der Waals surface area contributed by atoms with Crippen LogP contribution >= 0.6 is 34.5 Å². The number of nitrogens with one attached hydrogen (secondary N) is 1. The molecule has 0 saturated heterocycles. The number of rotatable bonds is 5. The van der Waals surface area contributed by atoms with E-state index in [-0.39, 0.29) is 17.4 Å². The highest BCUT2D eigenvalue weighted by Crippen LogP contribution is 2.29. The summed E-state index contributed by atoms with van der Waals surface area (Å²) in [5.41, 5.74) is 0.495. The average molecular weight is 340 g/mol. The van der Waals surface area contributed by atoms with Crippen LogP contribution in [0.25, 0.3) is 0 Å². The fraction of sp³-hybridized carbons (Fsp3) is 0.214. The minimum atomic E-state index is -0.819. The van der Waals surface area contributed by atoms with Crippen LogP contribution in [-0.2, 0) is 11.2 Å². The molecule has 1 unspecified atom stereocenters. The molecule has 2 rings (SSSR count). The van der Waals surface area contributed by atoms with E-state index in [1.165, 1.54) is 11.3 Å². The summed E-state index contributed by atoms with van der Waals surface area (Å²) in [5.74, 6) is -0.229. The third-order valence-electron chi connectivity index (χ3n) is 2.78. The molecule has 0 fully saturated rings. The Hall–Kier alpha value is -1.61. The molecule has 0 aliphatic carbocycles. The molecule has 1 aromatic heterocycles. The van der Waals surface area contributed by atoms with E-state index in [1.807, 2.05) is 11.4 Å². The molecule has 4 nitrogen and oxygen atoms in total. The SMILES string of the molecule is N#CC(NC(=O)CCc1nccs1)c1cccc(Cl)c1Cl. The number of carbonyl (C=O) groups is 1. The quantitative estimate of drug-likeness (QED) is 0.901. The third kappa shape index (κ3) is 4.18. The summed E-state index contributed by atoms with van der Waals surface area (Å²) in [6.07, 6.45) is 2.51. The maximum Gasteiger partial charge on any atom is 0.221 e. The largest absolute Gasteiger partial charge is 0.337 e. The Morgan fingerprint density at radius 1 is 1.48 bits per heavy atom. The molecule has 1 amide bonds. The van der Waals surface area contributed by atoms with E-state index >= 15 is 0 Å². The summed E-state index contributed by atoms with van der Waals surface area (Å²) in [6, 6.07) is 6.19. The molecule has 1 N–H and O–H groups in total. The molecule has 0 aliphatic heterocycles. The van der Waals surface area contributed by atoms with E-state index in [2.05, 4.69) is 10.3 Å². The van der Waals surface area contributed by atoms with Gasteiger partial charge in [0.05, 0.1) is 21.1 Å². The molecule has 0 spiro atoms. The van der Waals surface area contributed by atoms with E-state index < -0.39 is 6.04 Å². The number of carbonyl (C=O) groups excluding carboxylic acids is 1. The molecular formula is C14H11Cl2N3OS. The first-order valence-corrected chi connectivity index (χ1v) is 7.76. The summed E-state index contributed by atoms with van der Waals surface area (Å²) in [5, 5.41) is 15.2. The minimum Gasteiger partial charge on any atom is -0.337 e. The first-order valence-electron chi connectivity index (χ1n) is 6.13. The summed E-state index contributed by atoms with van der Waals surface area (Å²) in [4.78, 5) is 16.0. The highest BCUT2D eigenvalue weighted by Gasteiger charge is 2.18. The molecule has 1 aromatic carbocycles. The minimum absolute atomic E-state index is 0.229. The highest BCUT2D eigenvalue weighted by atomic mass is 35.5. The van der Waals surface area contributed by atoms with Crippen LogP contribution in [0.15, 0.2) is 29.8 Å². The van der Waals surface area contributed by atoms with Gasteiger partial charge in [-0.1, -0.05) is 35.3 Å². The number of aromatic nitrogens is 1.